The Kier molecular flexibility index (Phi) is 7.74. The monoisotopic (exact) mass is 363 g/mol. The van der Waals surface area contributed by atoms with Crippen molar-refractivity contribution in [2.24, 2.45) is 0 Å². The van der Waals surface area contributed by atoms with E-state index in [-0.39, 0.29) is 30.2 Å². The number of carbonyl (C=O) groups excluding carboxylic acids is 1. The van der Waals surface area contributed by atoms with E-state index in [1.165, 1.54) is 7.11 Å². The molecule has 0 N–H and O–H groups in total. The minimum absolute atomic E-state index is 0.0521. The van der Waals surface area contributed by atoms with Crippen LogP contribution in [0.1, 0.15) is 45.4 Å². The van der Waals surface area contributed by atoms with Crippen LogP contribution in [0.2, 0.25) is 25.7 Å². The fraction of sp³-hybridized carbons (Fsp3) is 0.938. The summed E-state index contributed by atoms with van der Waals surface area (Å²) in [5.41, 5.74) is 0. The molecule has 136 valence electrons. The van der Waals surface area contributed by atoms with Gasteiger partial charge in [0.15, 0.2) is 0 Å². The molecule has 23 heavy (non-hydrogen) atoms. The average Bonchev–Trinajstić information content (AvgIpc) is 2.85. The molecule has 1 saturated heterocycles. The van der Waals surface area contributed by atoms with Crippen molar-refractivity contribution < 1.29 is 17.9 Å². The number of rotatable bonds is 9. The van der Waals surface area contributed by atoms with Crippen LogP contribution in [0.5, 0.6) is 0 Å². The minimum atomic E-state index is -3.32. The zero-order valence-corrected chi connectivity index (χ0v) is 17.1. The van der Waals surface area contributed by atoms with E-state index in [1.807, 2.05) is 0 Å². The lowest BCUT2D eigenvalue weighted by molar-refractivity contribution is -0.141. The van der Waals surface area contributed by atoms with Gasteiger partial charge in [0.2, 0.25) is 10.0 Å². The summed E-state index contributed by atoms with van der Waals surface area (Å²) in [5, 5.41) is 0. The molecule has 1 aliphatic rings. The normalized spacial score (nSPS) is 23.2. The first-order valence-electron chi connectivity index (χ1n) is 8.68. The van der Waals surface area contributed by atoms with Gasteiger partial charge in [-0.1, -0.05) is 39.4 Å². The summed E-state index contributed by atoms with van der Waals surface area (Å²) in [4.78, 5) is 11.6. The maximum atomic E-state index is 12.9. The molecular formula is C16H33NO4SSi. The molecule has 0 aromatic carbocycles. The maximum Gasteiger partial charge on any atom is 0.307 e. The standard InChI is InChI=1S/C16H33NO4SSi/c1-6-7-8-14-9-10-15(13-16(18)21-2)17(14)22(19,20)11-12-23(3,4)5/h14-15H,6-13H2,1-5H3/t14-,15-/m1/s1. The van der Waals surface area contributed by atoms with Gasteiger partial charge in [0.1, 0.15) is 0 Å². The quantitative estimate of drug-likeness (QED) is 0.466. The van der Waals surface area contributed by atoms with E-state index >= 15 is 0 Å². The van der Waals surface area contributed by atoms with Crippen molar-refractivity contribution in [2.75, 3.05) is 12.9 Å². The fourth-order valence-corrected chi connectivity index (χ4v) is 8.10. The van der Waals surface area contributed by atoms with Gasteiger partial charge in [0.25, 0.3) is 0 Å². The minimum Gasteiger partial charge on any atom is -0.469 e. The smallest absolute Gasteiger partial charge is 0.307 e. The molecule has 5 nitrogen and oxygen atoms in total. The van der Waals surface area contributed by atoms with Crippen LogP contribution in [-0.2, 0) is 19.6 Å². The van der Waals surface area contributed by atoms with Gasteiger partial charge in [-0.2, -0.15) is 4.31 Å². The van der Waals surface area contributed by atoms with E-state index in [2.05, 4.69) is 26.6 Å². The summed E-state index contributed by atoms with van der Waals surface area (Å²) in [5.74, 6) is -0.111. The second-order valence-electron chi connectivity index (χ2n) is 7.76. The lowest BCUT2D eigenvalue weighted by atomic mass is 10.1. The molecule has 2 atom stereocenters. The highest BCUT2D eigenvalue weighted by Gasteiger charge is 2.42. The van der Waals surface area contributed by atoms with E-state index < -0.39 is 18.1 Å². The Bertz CT molecular complexity index is 487. The second kappa shape index (κ2) is 8.62. The van der Waals surface area contributed by atoms with Crippen molar-refractivity contribution in [3.05, 3.63) is 0 Å². The van der Waals surface area contributed by atoms with Crippen LogP contribution in [0, 0.1) is 0 Å². The molecule has 0 aromatic rings. The van der Waals surface area contributed by atoms with Gasteiger partial charge < -0.3 is 4.74 Å². The van der Waals surface area contributed by atoms with Gasteiger partial charge in [-0.15, -0.1) is 0 Å². The lowest BCUT2D eigenvalue weighted by Gasteiger charge is -2.30. The summed E-state index contributed by atoms with van der Waals surface area (Å²) < 4.78 is 32.3. The number of esters is 1. The van der Waals surface area contributed by atoms with Gasteiger partial charge >= 0.3 is 5.97 Å². The van der Waals surface area contributed by atoms with Crippen LogP contribution in [0.3, 0.4) is 0 Å². The Morgan fingerprint density at radius 2 is 1.83 bits per heavy atom. The number of nitrogens with zero attached hydrogens (tertiary/aromatic N) is 1. The van der Waals surface area contributed by atoms with Gasteiger partial charge in [0, 0.05) is 20.2 Å². The first-order chi connectivity index (χ1) is 10.6. The fourth-order valence-electron chi connectivity index (χ4n) is 3.11. The molecule has 7 heteroatoms. The van der Waals surface area contributed by atoms with Crippen molar-refractivity contribution in [1.82, 2.24) is 4.31 Å². The van der Waals surface area contributed by atoms with Gasteiger partial charge in [0.05, 0.1) is 19.3 Å². The summed E-state index contributed by atoms with van der Waals surface area (Å²) >= 11 is 0. The van der Waals surface area contributed by atoms with Gasteiger partial charge in [-0.05, 0) is 25.3 Å². The van der Waals surface area contributed by atoms with Crippen LogP contribution in [-0.4, -0.2) is 51.7 Å². The first kappa shape index (κ1) is 20.6. The largest absolute Gasteiger partial charge is 0.469 e. The first-order valence-corrected chi connectivity index (χ1v) is 14.0. The van der Waals surface area contributed by atoms with Crippen molar-refractivity contribution in [3.8, 4) is 0 Å². The summed E-state index contributed by atoms with van der Waals surface area (Å²) in [6.07, 6.45) is 4.76. The van der Waals surface area contributed by atoms with Gasteiger partial charge in [-0.25, -0.2) is 8.42 Å². The van der Waals surface area contributed by atoms with Crippen molar-refractivity contribution in [1.29, 1.82) is 0 Å². The molecule has 0 radical (unpaired) electrons. The third-order valence-electron chi connectivity index (χ3n) is 4.50. The summed E-state index contributed by atoms with van der Waals surface area (Å²) in [7, 11) is -3.38. The van der Waals surface area contributed by atoms with Crippen LogP contribution in [0.15, 0.2) is 0 Å². The predicted octanol–water partition coefficient (Wildman–Crippen LogP) is 3.24. The molecule has 1 heterocycles. The molecule has 0 spiro atoms. The highest BCUT2D eigenvalue weighted by molar-refractivity contribution is 7.89. The molecule has 0 aliphatic carbocycles. The summed E-state index contributed by atoms with van der Waals surface area (Å²) in [6, 6.07) is 0.587. The molecule has 0 unspecified atom stereocenters. The van der Waals surface area contributed by atoms with E-state index in [4.69, 9.17) is 4.74 Å². The number of ether oxygens (including phenoxy) is 1. The Labute approximate surface area is 142 Å². The van der Waals surface area contributed by atoms with Crippen LogP contribution in [0.25, 0.3) is 0 Å². The molecule has 1 rings (SSSR count). The van der Waals surface area contributed by atoms with Crippen LogP contribution >= 0.6 is 0 Å². The van der Waals surface area contributed by atoms with Crippen LogP contribution < -0.4 is 0 Å². The molecule has 0 amide bonds. The molecular weight excluding hydrogens is 330 g/mol. The summed E-state index contributed by atoms with van der Waals surface area (Å²) in [6.45, 7) is 8.68. The van der Waals surface area contributed by atoms with E-state index in [0.29, 0.717) is 0 Å². The Morgan fingerprint density at radius 1 is 1.22 bits per heavy atom. The Balaban J connectivity index is 2.91. The lowest BCUT2D eigenvalue weighted by Crippen LogP contribution is -2.44. The maximum absolute atomic E-state index is 12.9. The predicted molar refractivity (Wildman–Crippen MR) is 96.7 cm³/mol. The zero-order chi connectivity index (χ0) is 17.7. The molecule has 1 fully saturated rings. The number of hydrogen-bond acceptors (Lipinski definition) is 4. The van der Waals surface area contributed by atoms with E-state index in [1.54, 1.807) is 4.31 Å². The van der Waals surface area contributed by atoms with Crippen molar-refractivity contribution >= 4 is 24.1 Å². The molecule has 0 saturated carbocycles. The average molecular weight is 364 g/mol. The highest BCUT2D eigenvalue weighted by Crippen LogP contribution is 2.33. The molecule has 0 aromatic heterocycles. The number of methoxy groups -OCH3 is 1. The number of hydrogen-bond donors (Lipinski definition) is 0. The molecule has 0 bridgehead atoms. The van der Waals surface area contributed by atoms with E-state index in [0.717, 1.165) is 38.1 Å². The Morgan fingerprint density at radius 3 is 2.35 bits per heavy atom. The Hall–Kier alpha value is -0.403. The number of unbranched alkanes of at least 4 members (excludes halogenated alkanes) is 1. The number of carbonyl (C=O) groups is 1. The zero-order valence-electron chi connectivity index (χ0n) is 15.3. The van der Waals surface area contributed by atoms with Gasteiger partial charge in [-0.3, -0.25) is 4.79 Å². The van der Waals surface area contributed by atoms with Crippen molar-refractivity contribution in [2.45, 2.75) is 83.2 Å². The molecule has 1 aliphatic heterocycles. The number of sulfonamides is 1. The second-order valence-corrected chi connectivity index (χ2v) is 15.4. The SMILES string of the molecule is CCCC[C@@H]1CC[C@H](CC(=O)OC)N1S(=O)(=O)CC[Si](C)(C)C. The highest BCUT2D eigenvalue weighted by atomic mass is 32.2. The van der Waals surface area contributed by atoms with E-state index in [9.17, 15) is 13.2 Å². The van der Waals surface area contributed by atoms with Crippen molar-refractivity contribution in [3.63, 3.8) is 0 Å². The third-order valence-corrected chi connectivity index (χ3v) is 8.58. The third kappa shape index (κ3) is 6.55. The van der Waals surface area contributed by atoms with Crippen LogP contribution in [0.4, 0.5) is 0 Å². The topological polar surface area (TPSA) is 63.7 Å².